The molecule has 1 N–H and O–H groups in total. The lowest BCUT2D eigenvalue weighted by molar-refractivity contribution is -0.149. The molecular formula is C15H28N2O3. The van der Waals surface area contributed by atoms with Crippen molar-refractivity contribution in [3.63, 3.8) is 0 Å². The number of amides is 2. The summed E-state index contributed by atoms with van der Waals surface area (Å²) < 4.78 is 5.50. The average Bonchev–Trinajstić information content (AvgIpc) is 2.43. The van der Waals surface area contributed by atoms with Crippen LogP contribution in [0.25, 0.3) is 0 Å². The highest BCUT2D eigenvalue weighted by Gasteiger charge is 2.36. The largest absolute Gasteiger partial charge is 0.381 e. The summed E-state index contributed by atoms with van der Waals surface area (Å²) in [5.74, 6) is 0.00228. The van der Waals surface area contributed by atoms with Gasteiger partial charge in [0.2, 0.25) is 11.8 Å². The number of piperazine rings is 1. The predicted molar refractivity (Wildman–Crippen MR) is 78.4 cm³/mol. The molecule has 2 amide bonds. The highest BCUT2D eigenvalue weighted by Crippen LogP contribution is 2.13. The van der Waals surface area contributed by atoms with Crippen LogP contribution in [0.2, 0.25) is 0 Å². The fourth-order valence-electron chi connectivity index (χ4n) is 2.36. The van der Waals surface area contributed by atoms with Gasteiger partial charge >= 0.3 is 0 Å². The van der Waals surface area contributed by atoms with Crippen molar-refractivity contribution in [2.45, 2.75) is 65.0 Å². The number of hydrogen-bond donors (Lipinski definition) is 1. The molecule has 20 heavy (non-hydrogen) atoms. The van der Waals surface area contributed by atoms with E-state index in [2.05, 4.69) is 12.2 Å². The summed E-state index contributed by atoms with van der Waals surface area (Å²) in [6, 6.07) is -0.712. The van der Waals surface area contributed by atoms with E-state index in [1.807, 2.05) is 6.92 Å². The van der Waals surface area contributed by atoms with Gasteiger partial charge in [-0.2, -0.15) is 0 Å². The number of unbranched alkanes of at least 4 members (excludes halogenated alkanes) is 1. The Hall–Kier alpha value is -1.10. The van der Waals surface area contributed by atoms with Gasteiger partial charge in [0, 0.05) is 19.8 Å². The lowest BCUT2D eigenvalue weighted by Crippen LogP contribution is -2.62. The fraction of sp³-hybridized carbons (Fsp3) is 0.867. The molecule has 116 valence electrons. The first-order valence-corrected chi connectivity index (χ1v) is 7.80. The lowest BCUT2D eigenvalue weighted by atomic mass is 10.0. The van der Waals surface area contributed by atoms with E-state index in [0.717, 1.165) is 32.3 Å². The molecule has 0 aromatic heterocycles. The minimum atomic E-state index is -0.369. The zero-order chi connectivity index (χ0) is 15.0. The van der Waals surface area contributed by atoms with Crippen molar-refractivity contribution in [2.75, 3.05) is 19.8 Å². The summed E-state index contributed by atoms with van der Waals surface area (Å²) in [5, 5.41) is 2.80. The van der Waals surface area contributed by atoms with E-state index in [-0.39, 0.29) is 23.9 Å². The number of nitrogens with zero attached hydrogens (tertiary/aromatic N) is 1. The Kier molecular flexibility index (Phi) is 7.59. The molecule has 0 radical (unpaired) electrons. The highest BCUT2D eigenvalue weighted by molar-refractivity contribution is 5.96. The third-order valence-corrected chi connectivity index (χ3v) is 3.65. The quantitative estimate of drug-likeness (QED) is 0.656. The number of rotatable bonds is 9. The molecule has 1 aliphatic rings. The van der Waals surface area contributed by atoms with E-state index in [4.69, 9.17) is 4.74 Å². The van der Waals surface area contributed by atoms with Crippen LogP contribution in [-0.2, 0) is 14.3 Å². The Bertz CT molecular complexity index is 320. The van der Waals surface area contributed by atoms with E-state index in [9.17, 15) is 9.59 Å². The maximum Gasteiger partial charge on any atom is 0.245 e. The Balaban J connectivity index is 2.40. The van der Waals surface area contributed by atoms with Crippen LogP contribution >= 0.6 is 0 Å². The van der Waals surface area contributed by atoms with Crippen molar-refractivity contribution < 1.29 is 14.3 Å². The summed E-state index contributed by atoms with van der Waals surface area (Å²) in [6.45, 7) is 7.95. The molecule has 1 saturated heterocycles. The summed E-state index contributed by atoms with van der Waals surface area (Å²) >= 11 is 0. The smallest absolute Gasteiger partial charge is 0.245 e. The van der Waals surface area contributed by atoms with Gasteiger partial charge in [0.1, 0.15) is 12.1 Å². The minimum absolute atomic E-state index is 0.0463. The number of carbonyl (C=O) groups is 2. The Morgan fingerprint density at radius 2 is 1.85 bits per heavy atom. The van der Waals surface area contributed by atoms with Crippen LogP contribution in [-0.4, -0.2) is 48.6 Å². The van der Waals surface area contributed by atoms with E-state index < -0.39 is 0 Å². The lowest BCUT2D eigenvalue weighted by Gasteiger charge is -2.37. The Labute approximate surface area is 122 Å². The third kappa shape index (κ3) is 4.78. The van der Waals surface area contributed by atoms with Gasteiger partial charge < -0.3 is 15.0 Å². The molecular weight excluding hydrogens is 256 g/mol. The zero-order valence-corrected chi connectivity index (χ0v) is 13.0. The van der Waals surface area contributed by atoms with Crippen LogP contribution in [0.15, 0.2) is 0 Å². The molecule has 1 aliphatic heterocycles. The van der Waals surface area contributed by atoms with Gasteiger partial charge in [0.05, 0.1) is 0 Å². The molecule has 0 aliphatic carbocycles. The van der Waals surface area contributed by atoms with Gasteiger partial charge in [-0.15, -0.1) is 0 Å². The SMILES string of the molecule is CCCCOCCCN1C(=O)C(CCC)NC(=O)C1C. The molecule has 2 unspecified atom stereocenters. The molecule has 5 heteroatoms. The van der Waals surface area contributed by atoms with Crippen LogP contribution in [0.4, 0.5) is 0 Å². The first kappa shape index (κ1) is 17.0. The van der Waals surface area contributed by atoms with Crippen LogP contribution in [0.5, 0.6) is 0 Å². The maximum absolute atomic E-state index is 12.3. The molecule has 0 spiro atoms. The van der Waals surface area contributed by atoms with Crippen molar-refractivity contribution in [3.8, 4) is 0 Å². The number of carbonyl (C=O) groups excluding carboxylic acids is 2. The van der Waals surface area contributed by atoms with E-state index in [1.54, 1.807) is 11.8 Å². The molecule has 1 rings (SSSR count). The van der Waals surface area contributed by atoms with Gasteiger partial charge in [-0.25, -0.2) is 0 Å². The molecule has 0 saturated carbocycles. The second-order valence-corrected chi connectivity index (χ2v) is 5.38. The van der Waals surface area contributed by atoms with Crippen LogP contribution < -0.4 is 5.32 Å². The first-order chi connectivity index (χ1) is 9.61. The van der Waals surface area contributed by atoms with Gasteiger partial charge in [-0.3, -0.25) is 9.59 Å². The topological polar surface area (TPSA) is 58.6 Å². The van der Waals surface area contributed by atoms with Gasteiger partial charge in [0.15, 0.2) is 0 Å². The molecule has 0 aromatic rings. The summed E-state index contributed by atoms with van der Waals surface area (Å²) in [4.78, 5) is 25.9. The van der Waals surface area contributed by atoms with Crippen LogP contribution in [0.1, 0.15) is 52.9 Å². The van der Waals surface area contributed by atoms with Crippen LogP contribution in [0, 0.1) is 0 Å². The Morgan fingerprint density at radius 3 is 2.50 bits per heavy atom. The summed E-state index contributed by atoms with van der Waals surface area (Å²) in [5.41, 5.74) is 0. The highest BCUT2D eigenvalue weighted by atomic mass is 16.5. The molecule has 1 heterocycles. The minimum Gasteiger partial charge on any atom is -0.381 e. The number of nitrogens with one attached hydrogen (secondary N) is 1. The molecule has 2 atom stereocenters. The number of ether oxygens (including phenoxy) is 1. The molecule has 1 fully saturated rings. The standard InChI is InChI=1S/C15H28N2O3/c1-4-6-10-20-11-7-9-17-12(3)14(18)16-13(8-5-2)15(17)19/h12-13H,4-11H2,1-3H3,(H,16,18). The van der Waals surface area contributed by atoms with Crippen molar-refractivity contribution in [1.29, 1.82) is 0 Å². The van der Waals surface area contributed by atoms with Crippen molar-refractivity contribution in [2.24, 2.45) is 0 Å². The van der Waals surface area contributed by atoms with Crippen molar-refractivity contribution >= 4 is 11.8 Å². The third-order valence-electron chi connectivity index (χ3n) is 3.65. The molecule has 0 aromatic carbocycles. The summed E-state index contributed by atoms with van der Waals surface area (Å²) in [6.07, 6.45) is 4.58. The van der Waals surface area contributed by atoms with Crippen LogP contribution in [0.3, 0.4) is 0 Å². The number of hydrogen-bond acceptors (Lipinski definition) is 3. The monoisotopic (exact) mass is 284 g/mol. The summed E-state index contributed by atoms with van der Waals surface area (Å²) in [7, 11) is 0. The van der Waals surface area contributed by atoms with Crippen molar-refractivity contribution in [1.82, 2.24) is 10.2 Å². The predicted octanol–water partition coefficient (Wildman–Crippen LogP) is 1.71. The zero-order valence-electron chi connectivity index (χ0n) is 13.0. The molecule has 5 nitrogen and oxygen atoms in total. The fourth-order valence-corrected chi connectivity index (χ4v) is 2.36. The van der Waals surface area contributed by atoms with E-state index >= 15 is 0 Å². The van der Waals surface area contributed by atoms with E-state index in [0.29, 0.717) is 19.6 Å². The average molecular weight is 284 g/mol. The van der Waals surface area contributed by atoms with Crippen molar-refractivity contribution in [3.05, 3.63) is 0 Å². The Morgan fingerprint density at radius 1 is 1.15 bits per heavy atom. The van der Waals surface area contributed by atoms with Gasteiger partial charge in [0.25, 0.3) is 0 Å². The molecule has 0 bridgehead atoms. The maximum atomic E-state index is 12.3. The normalized spacial score (nSPS) is 23.1. The first-order valence-electron chi connectivity index (χ1n) is 7.80. The second-order valence-electron chi connectivity index (χ2n) is 5.38. The van der Waals surface area contributed by atoms with Gasteiger partial charge in [-0.1, -0.05) is 26.7 Å². The second kappa shape index (κ2) is 8.95. The van der Waals surface area contributed by atoms with E-state index in [1.165, 1.54) is 0 Å². The van der Waals surface area contributed by atoms with Gasteiger partial charge in [-0.05, 0) is 26.2 Å².